The largest absolute Gasteiger partial charge is 0.385 e. The molecule has 0 saturated carbocycles. The molecule has 1 unspecified atom stereocenters. The predicted octanol–water partition coefficient (Wildman–Crippen LogP) is 3.11. The van der Waals surface area contributed by atoms with E-state index in [1.807, 2.05) is 44.2 Å². The first-order valence-corrected chi connectivity index (χ1v) is 5.00. The van der Waals surface area contributed by atoms with E-state index in [0.29, 0.717) is 6.42 Å². The van der Waals surface area contributed by atoms with Gasteiger partial charge in [0.1, 0.15) is 0 Å². The van der Waals surface area contributed by atoms with Crippen LogP contribution in [0.1, 0.15) is 25.8 Å². The molecule has 0 aliphatic heterocycles. The van der Waals surface area contributed by atoms with Gasteiger partial charge in [0.2, 0.25) is 0 Å². The fourth-order valence-electron chi connectivity index (χ4n) is 1.63. The summed E-state index contributed by atoms with van der Waals surface area (Å²) in [4.78, 5) is 0. The molecule has 0 aliphatic rings. The zero-order valence-corrected chi connectivity index (χ0v) is 8.90. The molecule has 0 fully saturated rings. The lowest BCUT2D eigenvalue weighted by Gasteiger charge is -2.31. The molecular weight excluding hydrogens is 172 g/mol. The fraction of sp³-hybridized carbons (Fsp3) is 0.385. The van der Waals surface area contributed by atoms with Gasteiger partial charge in [-0.3, -0.25) is 0 Å². The van der Waals surface area contributed by atoms with Crippen LogP contribution in [0.3, 0.4) is 0 Å². The summed E-state index contributed by atoms with van der Waals surface area (Å²) in [5.74, 6) is 0.183. The highest BCUT2D eigenvalue weighted by Crippen LogP contribution is 2.32. The highest BCUT2D eigenvalue weighted by Gasteiger charge is 2.31. The van der Waals surface area contributed by atoms with E-state index in [4.69, 9.17) is 0 Å². The standard InChI is InChI=1S/C13H18O/c1-4-10-13(14,11(2)3)12-8-6-5-7-9-12/h4-9,11,14H,1,10H2,2-3H3. The van der Waals surface area contributed by atoms with Gasteiger partial charge in [0.15, 0.2) is 0 Å². The van der Waals surface area contributed by atoms with Gasteiger partial charge in [-0.05, 0) is 17.9 Å². The van der Waals surface area contributed by atoms with Crippen LogP contribution in [0.15, 0.2) is 43.0 Å². The minimum atomic E-state index is -0.775. The normalized spacial score (nSPS) is 15.1. The zero-order valence-electron chi connectivity index (χ0n) is 8.90. The smallest absolute Gasteiger partial charge is 0.0953 e. The number of aliphatic hydroxyl groups is 1. The van der Waals surface area contributed by atoms with Crippen molar-refractivity contribution in [1.82, 2.24) is 0 Å². The van der Waals surface area contributed by atoms with Crippen LogP contribution in [-0.4, -0.2) is 5.11 Å². The van der Waals surface area contributed by atoms with Crippen LogP contribution in [0, 0.1) is 5.92 Å². The van der Waals surface area contributed by atoms with Crippen LogP contribution in [0.5, 0.6) is 0 Å². The second-order valence-electron chi connectivity index (χ2n) is 3.94. The Morgan fingerprint density at radius 3 is 2.36 bits per heavy atom. The van der Waals surface area contributed by atoms with Crippen molar-refractivity contribution in [2.45, 2.75) is 25.9 Å². The molecule has 1 aromatic carbocycles. The zero-order chi connectivity index (χ0) is 10.6. The Hall–Kier alpha value is -1.08. The van der Waals surface area contributed by atoms with E-state index in [-0.39, 0.29) is 5.92 Å². The molecule has 1 aromatic rings. The SMILES string of the molecule is C=CCC(O)(c1ccccc1)C(C)C. The Labute approximate surface area is 86.1 Å². The van der Waals surface area contributed by atoms with E-state index in [0.717, 1.165) is 5.56 Å². The third kappa shape index (κ3) is 2.05. The summed E-state index contributed by atoms with van der Waals surface area (Å²) in [6.45, 7) is 7.74. The van der Waals surface area contributed by atoms with Gasteiger partial charge in [-0.15, -0.1) is 6.58 Å². The highest BCUT2D eigenvalue weighted by molar-refractivity contribution is 5.23. The van der Waals surface area contributed by atoms with Crippen molar-refractivity contribution in [2.24, 2.45) is 5.92 Å². The second kappa shape index (κ2) is 4.43. The van der Waals surface area contributed by atoms with Crippen LogP contribution in [0.2, 0.25) is 0 Å². The van der Waals surface area contributed by atoms with E-state index in [2.05, 4.69) is 6.58 Å². The van der Waals surface area contributed by atoms with E-state index in [1.54, 1.807) is 6.08 Å². The Morgan fingerprint density at radius 2 is 1.93 bits per heavy atom. The molecule has 76 valence electrons. The second-order valence-corrected chi connectivity index (χ2v) is 3.94. The van der Waals surface area contributed by atoms with Crippen molar-refractivity contribution < 1.29 is 5.11 Å². The van der Waals surface area contributed by atoms with Crippen molar-refractivity contribution in [3.63, 3.8) is 0 Å². The lowest BCUT2D eigenvalue weighted by Crippen LogP contribution is -2.31. The minimum Gasteiger partial charge on any atom is -0.385 e. The Morgan fingerprint density at radius 1 is 1.36 bits per heavy atom. The predicted molar refractivity (Wildman–Crippen MR) is 60.0 cm³/mol. The quantitative estimate of drug-likeness (QED) is 0.723. The Balaban J connectivity index is 3.05. The van der Waals surface area contributed by atoms with Gasteiger partial charge in [-0.25, -0.2) is 0 Å². The molecule has 1 nitrogen and oxygen atoms in total. The van der Waals surface area contributed by atoms with Gasteiger partial charge in [0, 0.05) is 0 Å². The maximum atomic E-state index is 10.5. The minimum absolute atomic E-state index is 0.183. The van der Waals surface area contributed by atoms with Gasteiger partial charge in [0.25, 0.3) is 0 Å². The first-order chi connectivity index (χ1) is 6.61. The van der Waals surface area contributed by atoms with Gasteiger partial charge in [-0.1, -0.05) is 50.3 Å². The van der Waals surface area contributed by atoms with Crippen molar-refractivity contribution in [3.05, 3.63) is 48.6 Å². The van der Waals surface area contributed by atoms with Gasteiger partial charge in [0.05, 0.1) is 5.60 Å². The van der Waals surface area contributed by atoms with Crippen molar-refractivity contribution in [2.75, 3.05) is 0 Å². The molecule has 0 spiro atoms. The molecule has 0 radical (unpaired) electrons. The summed E-state index contributed by atoms with van der Waals surface area (Å²) >= 11 is 0. The molecule has 0 bridgehead atoms. The van der Waals surface area contributed by atoms with E-state index in [9.17, 15) is 5.11 Å². The van der Waals surface area contributed by atoms with Crippen LogP contribution in [0.25, 0.3) is 0 Å². The molecule has 0 aromatic heterocycles. The van der Waals surface area contributed by atoms with Crippen molar-refractivity contribution in [3.8, 4) is 0 Å². The Kier molecular flexibility index (Phi) is 3.48. The number of hydrogen-bond acceptors (Lipinski definition) is 1. The van der Waals surface area contributed by atoms with Crippen LogP contribution < -0.4 is 0 Å². The lowest BCUT2D eigenvalue weighted by atomic mass is 9.81. The average molecular weight is 190 g/mol. The summed E-state index contributed by atoms with van der Waals surface area (Å²) in [5, 5.41) is 10.5. The summed E-state index contributed by atoms with van der Waals surface area (Å²) in [7, 11) is 0. The van der Waals surface area contributed by atoms with Crippen LogP contribution in [-0.2, 0) is 5.60 Å². The molecule has 1 heteroatoms. The summed E-state index contributed by atoms with van der Waals surface area (Å²) in [6, 6.07) is 9.78. The number of hydrogen-bond donors (Lipinski definition) is 1. The number of rotatable bonds is 4. The molecule has 0 amide bonds. The average Bonchev–Trinajstić information content (AvgIpc) is 2.19. The summed E-state index contributed by atoms with van der Waals surface area (Å²) in [6.07, 6.45) is 2.36. The fourth-order valence-corrected chi connectivity index (χ4v) is 1.63. The molecule has 1 atom stereocenters. The van der Waals surface area contributed by atoms with E-state index >= 15 is 0 Å². The first kappa shape index (κ1) is 11.0. The van der Waals surface area contributed by atoms with Gasteiger partial charge >= 0.3 is 0 Å². The van der Waals surface area contributed by atoms with E-state index < -0.39 is 5.60 Å². The van der Waals surface area contributed by atoms with E-state index in [1.165, 1.54) is 0 Å². The van der Waals surface area contributed by atoms with Crippen LogP contribution >= 0.6 is 0 Å². The molecule has 0 heterocycles. The van der Waals surface area contributed by atoms with Crippen molar-refractivity contribution in [1.29, 1.82) is 0 Å². The third-order valence-corrected chi connectivity index (χ3v) is 2.68. The summed E-state index contributed by atoms with van der Waals surface area (Å²) in [5.41, 5.74) is 0.193. The van der Waals surface area contributed by atoms with Crippen LogP contribution in [0.4, 0.5) is 0 Å². The molecule has 1 rings (SSSR count). The maximum Gasteiger partial charge on any atom is 0.0953 e. The number of benzene rings is 1. The Bertz CT molecular complexity index is 289. The maximum absolute atomic E-state index is 10.5. The molecular formula is C13H18O. The molecule has 0 saturated heterocycles. The highest BCUT2D eigenvalue weighted by atomic mass is 16.3. The molecule has 1 N–H and O–H groups in total. The first-order valence-electron chi connectivity index (χ1n) is 5.00. The van der Waals surface area contributed by atoms with Crippen molar-refractivity contribution >= 4 is 0 Å². The monoisotopic (exact) mass is 190 g/mol. The van der Waals surface area contributed by atoms with Gasteiger partial charge < -0.3 is 5.11 Å². The lowest BCUT2D eigenvalue weighted by molar-refractivity contribution is -0.00732. The van der Waals surface area contributed by atoms with Gasteiger partial charge in [-0.2, -0.15) is 0 Å². The third-order valence-electron chi connectivity index (χ3n) is 2.68. The summed E-state index contributed by atoms with van der Waals surface area (Å²) < 4.78 is 0. The molecule has 14 heavy (non-hydrogen) atoms. The topological polar surface area (TPSA) is 20.2 Å². The molecule has 0 aliphatic carbocycles.